The number of benzene rings is 1. The zero-order chi connectivity index (χ0) is 17.4. The first-order valence-electron chi connectivity index (χ1n) is 7.71. The molecule has 2 heterocycles. The summed E-state index contributed by atoms with van der Waals surface area (Å²) in [4.78, 5) is 25.6. The average molecular weight is 348 g/mol. The minimum atomic E-state index is -0.857. The zero-order valence-corrected chi connectivity index (χ0v) is 14.2. The van der Waals surface area contributed by atoms with Crippen LogP contribution in [-0.2, 0) is 4.79 Å². The third-order valence-corrected chi connectivity index (χ3v) is 4.74. The van der Waals surface area contributed by atoms with Crippen LogP contribution in [0.4, 0.5) is 0 Å². The molecule has 7 heteroatoms. The Kier molecular flexibility index (Phi) is 4.32. The van der Waals surface area contributed by atoms with E-state index in [0.29, 0.717) is 22.8 Å². The van der Waals surface area contributed by atoms with Crippen LogP contribution < -0.4 is 0 Å². The molecule has 6 nitrogen and oxygen atoms in total. The molecule has 2 aromatic rings. The molecule has 0 saturated carbocycles. The van der Waals surface area contributed by atoms with Crippen LogP contribution in [0.5, 0.6) is 0 Å². The summed E-state index contributed by atoms with van der Waals surface area (Å²) in [6, 6.07) is 7.22. The summed E-state index contributed by atoms with van der Waals surface area (Å²) in [6.07, 6.45) is 1.53. The molecule has 0 spiro atoms. The van der Waals surface area contributed by atoms with Crippen molar-refractivity contribution in [2.24, 2.45) is 11.8 Å². The van der Waals surface area contributed by atoms with Gasteiger partial charge in [-0.2, -0.15) is 5.10 Å². The molecule has 1 aliphatic heterocycles. The number of hydrogen-bond acceptors (Lipinski definition) is 3. The number of carbonyl (C=O) groups excluding carboxylic acids is 1. The number of carbonyl (C=O) groups is 2. The van der Waals surface area contributed by atoms with Crippen LogP contribution in [0.3, 0.4) is 0 Å². The average Bonchev–Trinajstić information content (AvgIpc) is 3.10. The summed E-state index contributed by atoms with van der Waals surface area (Å²) >= 11 is 6.01. The molecule has 1 aromatic heterocycles. The molecule has 1 N–H and O–H groups in total. The lowest BCUT2D eigenvalue weighted by molar-refractivity contribution is -0.142. The quantitative estimate of drug-likeness (QED) is 0.926. The van der Waals surface area contributed by atoms with E-state index in [2.05, 4.69) is 5.10 Å². The lowest BCUT2D eigenvalue weighted by Gasteiger charge is -2.15. The highest BCUT2D eigenvalue weighted by Crippen LogP contribution is 2.26. The Balaban J connectivity index is 1.86. The van der Waals surface area contributed by atoms with Crippen molar-refractivity contribution in [1.29, 1.82) is 0 Å². The number of carboxylic acid groups (broad SMARTS) is 1. The van der Waals surface area contributed by atoms with Gasteiger partial charge in [-0.25, -0.2) is 4.68 Å². The van der Waals surface area contributed by atoms with E-state index in [1.807, 2.05) is 26.0 Å². The summed E-state index contributed by atoms with van der Waals surface area (Å²) in [5, 5.41) is 14.1. The molecule has 126 valence electrons. The molecule has 1 aliphatic rings. The van der Waals surface area contributed by atoms with Crippen molar-refractivity contribution in [1.82, 2.24) is 14.7 Å². The number of carboxylic acids is 1. The Hall–Kier alpha value is -2.34. The molecule has 0 bridgehead atoms. The number of aromatic nitrogens is 2. The van der Waals surface area contributed by atoms with Gasteiger partial charge in [-0.05, 0) is 31.0 Å². The van der Waals surface area contributed by atoms with Gasteiger partial charge in [-0.1, -0.05) is 24.6 Å². The molecule has 24 heavy (non-hydrogen) atoms. The predicted molar refractivity (Wildman–Crippen MR) is 89.5 cm³/mol. The van der Waals surface area contributed by atoms with Gasteiger partial charge in [-0.3, -0.25) is 9.59 Å². The SMILES string of the molecule is Cc1c(C(=O)N2C[C@@H](C)[C@H](C(=O)O)C2)cnn1-c1cccc(Cl)c1. The molecule has 1 fully saturated rings. The molecule has 1 aromatic carbocycles. The number of likely N-dealkylation sites (tertiary alicyclic amines) is 1. The molecule has 0 unspecified atom stereocenters. The molecule has 2 atom stereocenters. The fraction of sp³-hybridized carbons (Fsp3) is 0.353. The molecule has 3 rings (SSSR count). The molecule has 0 radical (unpaired) electrons. The fourth-order valence-corrected chi connectivity index (χ4v) is 3.30. The van der Waals surface area contributed by atoms with Crippen molar-refractivity contribution in [3.8, 4) is 5.69 Å². The van der Waals surface area contributed by atoms with Gasteiger partial charge in [-0.15, -0.1) is 0 Å². The topological polar surface area (TPSA) is 75.4 Å². The van der Waals surface area contributed by atoms with Crippen molar-refractivity contribution in [3.63, 3.8) is 0 Å². The second-order valence-corrected chi connectivity index (χ2v) is 6.60. The van der Waals surface area contributed by atoms with Gasteiger partial charge in [0.05, 0.1) is 29.1 Å². The van der Waals surface area contributed by atoms with Gasteiger partial charge in [0.15, 0.2) is 0 Å². The minimum absolute atomic E-state index is 0.0604. The summed E-state index contributed by atoms with van der Waals surface area (Å²) in [5.41, 5.74) is 1.96. The second kappa shape index (κ2) is 6.28. The lowest BCUT2D eigenvalue weighted by Crippen LogP contribution is -2.30. The summed E-state index contributed by atoms with van der Waals surface area (Å²) in [6.45, 7) is 4.35. The van der Waals surface area contributed by atoms with Crippen molar-refractivity contribution >= 4 is 23.5 Å². The highest BCUT2D eigenvalue weighted by Gasteiger charge is 2.37. The smallest absolute Gasteiger partial charge is 0.308 e. The van der Waals surface area contributed by atoms with Gasteiger partial charge in [0.1, 0.15) is 0 Å². The van der Waals surface area contributed by atoms with Gasteiger partial charge in [0.25, 0.3) is 5.91 Å². The van der Waals surface area contributed by atoms with E-state index >= 15 is 0 Å². The monoisotopic (exact) mass is 347 g/mol. The first kappa shape index (κ1) is 16.5. The van der Waals surface area contributed by atoms with E-state index in [9.17, 15) is 14.7 Å². The number of amides is 1. The molecule has 0 aliphatic carbocycles. The third-order valence-electron chi connectivity index (χ3n) is 4.51. The zero-order valence-electron chi connectivity index (χ0n) is 13.4. The highest BCUT2D eigenvalue weighted by atomic mass is 35.5. The van der Waals surface area contributed by atoms with Gasteiger partial charge in [0, 0.05) is 18.1 Å². The van der Waals surface area contributed by atoms with Crippen LogP contribution in [0.2, 0.25) is 5.02 Å². The minimum Gasteiger partial charge on any atom is -0.481 e. The third kappa shape index (κ3) is 2.89. The normalized spacial score (nSPS) is 20.4. The Labute approximate surface area is 144 Å². The molecular weight excluding hydrogens is 330 g/mol. The summed E-state index contributed by atoms with van der Waals surface area (Å²) in [5.74, 6) is -1.62. The Morgan fingerprint density at radius 3 is 2.71 bits per heavy atom. The van der Waals surface area contributed by atoms with Crippen LogP contribution >= 0.6 is 11.6 Å². The summed E-state index contributed by atoms with van der Waals surface area (Å²) in [7, 11) is 0. The molecular formula is C17H18ClN3O3. The highest BCUT2D eigenvalue weighted by molar-refractivity contribution is 6.30. The van der Waals surface area contributed by atoms with Crippen LogP contribution in [0.15, 0.2) is 30.5 Å². The van der Waals surface area contributed by atoms with E-state index in [-0.39, 0.29) is 18.4 Å². The predicted octanol–water partition coefficient (Wildman–Crippen LogP) is 2.63. The maximum absolute atomic E-state index is 12.7. The molecule has 1 amide bonds. The lowest BCUT2D eigenvalue weighted by atomic mass is 9.99. The van der Waals surface area contributed by atoms with Crippen molar-refractivity contribution in [2.75, 3.05) is 13.1 Å². The number of nitrogens with zero attached hydrogens (tertiary/aromatic N) is 3. The Morgan fingerprint density at radius 1 is 1.33 bits per heavy atom. The van der Waals surface area contributed by atoms with Crippen LogP contribution in [0.1, 0.15) is 23.0 Å². The van der Waals surface area contributed by atoms with Crippen molar-refractivity contribution < 1.29 is 14.7 Å². The van der Waals surface area contributed by atoms with Gasteiger partial charge >= 0.3 is 5.97 Å². The second-order valence-electron chi connectivity index (χ2n) is 6.17. The first-order valence-corrected chi connectivity index (χ1v) is 8.09. The van der Waals surface area contributed by atoms with E-state index in [1.165, 1.54) is 6.20 Å². The Morgan fingerprint density at radius 2 is 2.08 bits per heavy atom. The van der Waals surface area contributed by atoms with Crippen LogP contribution in [0, 0.1) is 18.8 Å². The number of halogens is 1. The van der Waals surface area contributed by atoms with Crippen molar-refractivity contribution in [3.05, 3.63) is 46.7 Å². The number of rotatable bonds is 3. The number of aliphatic carboxylic acids is 1. The first-order chi connectivity index (χ1) is 11.4. The van der Waals surface area contributed by atoms with Gasteiger partial charge < -0.3 is 10.0 Å². The summed E-state index contributed by atoms with van der Waals surface area (Å²) < 4.78 is 1.66. The maximum Gasteiger partial charge on any atom is 0.308 e. The van der Waals surface area contributed by atoms with Crippen LogP contribution in [0.25, 0.3) is 5.69 Å². The van der Waals surface area contributed by atoms with E-state index in [1.54, 1.807) is 21.7 Å². The largest absolute Gasteiger partial charge is 0.481 e. The van der Waals surface area contributed by atoms with E-state index in [4.69, 9.17) is 11.6 Å². The molecule has 1 saturated heterocycles. The fourth-order valence-electron chi connectivity index (χ4n) is 3.11. The maximum atomic E-state index is 12.7. The number of hydrogen-bond donors (Lipinski definition) is 1. The van der Waals surface area contributed by atoms with Crippen molar-refractivity contribution in [2.45, 2.75) is 13.8 Å². The van der Waals surface area contributed by atoms with E-state index in [0.717, 1.165) is 5.69 Å². The standard InChI is InChI=1S/C17H18ClN3O3/c1-10-8-20(9-15(10)17(23)24)16(22)14-7-19-21(11(14)2)13-5-3-4-12(18)6-13/h3-7,10,15H,8-9H2,1-2H3,(H,23,24)/t10-,15-/m1/s1. The Bertz CT molecular complexity index is 802. The van der Waals surface area contributed by atoms with Gasteiger partial charge in [0.2, 0.25) is 0 Å². The van der Waals surface area contributed by atoms with Crippen LogP contribution in [-0.4, -0.2) is 44.8 Å². The van der Waals surface area contributed by atoms with E-state index < -0.39 is 11.9 Å².